The van der Waals surface area contributed by atoms with E-state index in [0.29, 0.717) is 16.5 Å². The van der Waals surface area contributed by atoms with E-state index in [0.717, 1.165) is 30.5 Å². The minimum atomic E-state index is -0.375. The van der Waals surface area contributed by atoms with Crippen LogP contribution in [-0.2, 0) is 28.9 Å². The molecule has 3 rings (SSSR count). The van der Waals surface area contributed by atoms with Crippen LogP contribution in [0.1, 0.15) is 34.1 Å². The Bertz CT molecular complexity index is 843. The number of hydrogen-bond donors (Lipinski definition) is 1. The van der Waals surface area contributed by atoms with E-state index in [1.54, 1.807) is 0 Å². The van der Waals surface area contributed by atoms with E-state index in [1.807, 2.05) is 48.1 Å². The predicted molar refractivity (Wildman–Crippen MR) is 106 cm³/mol. The van der Waals surface area contributed by atoms with Crippen molar-refractivity contribution >= 4 is 33.9 Å². The number of hydrogen-bond acceptors (Lipinski definition) is 5. The molecule has 1 aliphatic rings. The van der Waals surface area contributed by atoms with E-state index in [9.17, 15) is 9.59 Å². The number of nitrogens with zero attached hydrogens (tertiary/aromatic N) is 2. The topological polar surface area (TPSA) is 62.5 Å². The molecule has 1 aliphatic carbocycles. The summed E-state index contributed by atoms with van der Waals surface area (Å²) in [5, 5.41) is 3.54. The molecule has 6 nitrogen and oxygen atoms in total. The standard InChI is InChI=1S/C20H25N3O3S/c1-13-5-6-15-16(11-13)27-19(18(15)20(25)26-4)21-17(24)12-23-9-7-14(8-10-23)22(2)3/h7-10,13H,5-6,11-12H2,1-4H3/p+1/t13-/m0/s1. The SMILES string of the molecule is COC(=O)c1c(NC(=O)C[n+]2ccc(N(C)C)cc2)sc2c1CC[C@H](C)C2. The zero-order valence-electron chi connectivity index (χ0n) is 16.2. The van der Waals surface area contributed by atoms with Crippen LogP contribution in [0.25, 0.3) is 0 Å². The normalized spacial score (nSPS) is 15.8. The molecule has 27 heavy (non-hydrogen) atoms. The van der Waals surface area contributed by atoms with Gasteiger partial charge in [0.1, 0.15) is 5.00 Å². The molecule has 1 atom stereocenters. The third-order valence-electron chi connectivity index (χ3n) is 4.87. The highest BCUT2D eigenvalue weighted by molar-refractivity contribution is 7.17. The van der Waals surface area contributed by atoms with Crippen LogP contribution in [0.3, 0.4) is 0 Å². The van der Waals surface area contributed by atoms with Gasteiger partial charge < -0.3 is 15.0 Å². The highest BCUT2D eigenvalue weighted by Crippen LogP contribution is 2.39. The van der Waals surface area contributed by atoms with Gasteiger partial charge in [0, 0.05) is 36.8 Å². The molecule has 0 fully saturated rings. The number of ether oxygens (including phenoxy) is 1. The molecule has 1 N–H and O–H groups in total. The van der Waals surface area contributed by atoms with Crippen LogP contribution in [0.5, 0.6) is 0 Å². The van der Waals surface area contributed by atoms with Crippen molar-refractivity contribution in [1.82, 2.24) is 0 Å². The number of anilines is 2. The number of amides is 1. The van der Waals surface area contributed by atoms with Gasteiger partial charge in [0.05, 0.1) is 12.7 Å². The lowest BCUT2D eigenvalue weighted by atomic mass is 9.88. The molecular formula is C20H26N3O3S+. The maximum atomic E-state index is 12.6. The molecule has 0 bridgehead atoms. The highest BCUT2D eigenvalue weighted by atomic mass is 32.1. The Labute approximate surface area is 163 Å². The number of methoxy groups -OCH3 is 1. The molecule has 2 heterocycles. The van der Waals surface area contributed by atoms with Crippen molar-refractivity contribution in [1.29, 1.82) is 0 Å². The van der Waals surface area contributed by atoms with Gasteiger partial charge in [0.2, 0.25) is 6.54 Å². The Morgan fingerprint density at radius 1 is 1.33 bits per heavy atom. The number of carbonyl (C=O) groups excluding carboxylic acids is 2. The second-order valence-corrected chi connectivity index (χ2v) is 8.32. The van der Waals surface area contributed by atoms with Gasteiger partial charge in [-0.1, -0.05) is 6.92 Å². The number of nitrogens with one attached hydrogen (secondary N) is 1. The monoisotopic (exact) mass is 388 g/mol. The first-order valence-corrected chi connectivity index (χ1v) is 9.89. The summed E-state index contributed by atoms with van der Waals surface area (Å²) in [6.45, 7) is 2.40. The van der Waals surface area contributed by atoms with Gasteiger partial charge in [-0.25, -0.2) is 4.79 Å². The first kappa shape index (κ1) is 19.4. The zero-order valence-corrected chi connectivity index (χ0v) is 17.1. The minimum Gasteiger partial charge on any atom is -0.465 e. The average molecular weight is 389 g/mol. The van der Waals surface area contributed by atoms with E-state index in [1.165, 1.54) is 23.3 Å². The molecule has 0 spiro atoms. The smallest absolute Gasteiger partial charge is 0.341 e. The van der Waals surface area contributed by atoms with E-state index in [4.69, 9.17) is 4.74 Å². The second kappa shape index (κ2) is 8.08. The Morgan fingerprint density at radius 2 is 2.04 bits per heavy atom. The third-order valence-corrected chi connectivity index (χ3v) is 6.04. The van der Waals surface area contributed by atoms with Crippen molar-refractivity contribution in [2.24, 2.45) is 5.92 Å². The predicted octanol–water partition coefficient (Wildman–Crippen LogP) is 2.65. The van der Waals surface area contributed by atoms with E-state index < -0.39 is 0 Å². The molecule has 2 aromatic rings. The average Bonchev–Trinajstić information content (AvgIpc) is 2.98. The molecule has 7 heteroatoms. The largest absolute Gasteiger partial charge is 0.465 e. The first-order chi connectivity index (χ1) is 12.9. The number of carbonyl (C=O) groups is 2. The molecule has 1 amide bonds. The van der Waals surface area contributed by atoms with Crippen LogP contribution in [0.2, 0.25) is 0 Å². The van der Waals surface area contributed by atoms with Gasteiger partial charge in [-0.3, -0.25) is 4.79 Å². The van der Waals surface area contributed by atoms with Gasteiger partial charge in [-0.2, -0.15) is 4.57 Å². The lowest BCUT2D eigenvalue weighted by Gasteiger charge is -2.18. The lowest BCUT2D eigenvalue weighted by molar-refractivity contribution is -0.684. The molecule has 144 valence electrons. The highest BCUT2D eigenvalue weighted by Gasteiger charge is 2.29. The van der Waals surface area contributed by atoms with Crippen molar-refractivity contribution in [3.8, 4) is 0 Å². The summed E-state index contributed by atoms with van der Waals surface area (Å²) in [4.78, 5) is 28.1. The molecule has 0 aliphatic heterocycles. The summed E-state index contributed by atoms with van der Waals surface area (Å²) in [5.74, 6) is 0.0608. The summed E-state index contributed by atoms with van der Waals surface area (Å²) < 4.78 is 6.79. The number of esters is 1. The summed E-state index contributed by atoms with van der Waals surface area (Å²) in [6.07, 6.45) is 6.60. The fourth-order valence-electron chi connectivity index (χ4n) is 3.34. The Hall–Kier alpha value is -2.41. The van der Waals surface area contributed by atoms with Gasteiger partial charge in [-0.05, 0) is 30.7 Å². The number of thiophene rings is 1. The fraction of sp³-hybridized carbons (Fsp3) is 0.450. The van der Waals surface area contributed by atoms with Crippen molar-refractivity contribution in [3.63, 3.8) is 0 Å². The van der Waals surface area contributed by atoms with E-state index in [2.05, 4.69) is 12.2 Å². The third kappa shape index (κ3) is 4.30. The number of fused-ring (bicyclic) bond motifs is 1. The summed E-state index contributed by atoms with van der Waals surface area (Å²) >= 11 is 1.51. The second-order valence-electron chi connectivity index (χ2n) is 7.22. The number of rotatable bonds is 5. The quantitative estimate of drug-likeness (QED) is 0.632. The molecular weight excluding hydrogens is 362 g/mol. The van der Waals surface area contributed by atoms with E-state index >= 15 is 0 Å². The Balaban J connectivity index is 1.78. The van der Waals surface area contributed by atoms with Crippen molar-refractivity contribution in [2.45, 2.75) is 32.7 Å². The van der Waals surface area contributed by atoms with Crippen molar-refractivity contribution in [3.05, 3.63) is 40.5 Å². The maximum absolute atomic E-state index is 12.6. The van der Waals surface area contributed by atoms with Crippen LogP contribution in [0, 0.1) is 5.92 Å². The molecule has 2 aromatic heterocycles. The molecule has 0 radical (unpaired) electrons. The summed E-state index contributed by atoms with van der Waals surface area (Å²) in [7, 11) is 5.33. The van der Waals surface area contributed by atoms with E-state index in [-0.39, 0.29) is 18.4 Å². The van der Waals surface area contributed by atoms with Gasteiger partial charge in [0.25, 0.3) is 5.91 Å². The fourth-order valence-corrected chi connectivity index (χ4v) is 4.76. The molecule has 0 aromatic carbocycles. The van der Waals surface area contributed by atoms with Crippen molar-refractivity contribution in [2.75, 3.05) is 31.4 Å². The zero-order chi connectivity index (χ0) is 19.6. The van der Waals surface area contributed by atoms with Crippen LogP contribution in [-0.4, -0.2) is 33.1 Å². The first-order valence-electron chi connectivity index (χ1n) is 9.08. The van der Waals surface area contributed by atoms with Gasteiger partial charge >= 0.3 is 5.97 Å². The molecule has 0 saturated heterocycles. The molecule has 0 saturated carbocycles. The van der Waals surface area contributed by atoms with Crippen LogP contribution < -0.4 is 14.8 Å². The number of pyridine rings is 1. The Kier molecular flexibility index (Phi) is 5.79. The van der Waals surface area contributed by atoms with Crippen LogP contribution >= 0.6 is 11.3 Å². The van der Waals surface area contributed by atoms with Crippen LogP contribution in [0.15, 0.2) is 24.5 Å². The summed E-state index contributed by atoms with van der Waals surface area (Å²) in [5.41, 5.74) is 2.65. The van der Waals surface area contributed by atoms with Crippen molar-refractivity contribution < 1.29 is 18.9 Å². The van der Waals surface area contributed by atoms with Crippen LogP contribution in [0.4, 0.5) is 10.7 Å². The minimum absolute atomic E-state index is 0.158. The summed E-state index contributed by atoms with van der Waals surface area (Å²) in [6, 6.07) is 3.91. The number of aromatic nitrogens is 1. The maximum Gasteiger partial charge on any atom is 0.341 e. The van der Waals surface area contributed by atoms with Gasteiger partial charge in [0.15, 0.2) is 12.4 Å². The Morgan fingerprint density at radius 3 is 2.67 bits per heavy atom. The lowest BCUT2D eigenvalue weighted by Crippen LogP contribution is -2.39. The van der Waals surface area contributed by atoms with Gasteiger partial charge in [-0.15, -0.1) is 11.3 Å². The molecule has 0 unspecified atom stereocenters.